The third-order valence-electron chi connectivity index (χ3n) is 3.94. The Morgan fingerprint density at radius 3 is 2.73 bits per heavy atom. The number of nitrogens with one attached hydrogen (secondary N) is 1. The van der Waals surface area contributed by atoms with Gasteiger partial charge in [0, 0.05) is 17.8 Å². The Hall–Kier alpha value is -2.71. The minimum atomic E-state index is -1.09. The van der Waals surface area contributed by atoms with Crippen LogP contribution >= 0.6 is 11.3 Å². The molecule has 2 amide bonds. The highest BCUT2D eigenvalue weighted by Gasteiger charge is 2.33. The summed E-state index contributed by atoms with van der Waals surface area (Å²) in [5.41, 5.74) is 0.887. The SMILES string of the molecule is C[C@@H]1CN(C(=O)c2cccc(NC(=O)c3cccs3)c2)CC(C(=O)O)O1. The summed E-state index contributed by atoms with van der Waals surface area (Å²) in [6.45, 7) is 2.03. The zero-order chi connectivity index (χ0) is 18.7. The van der Waals surface area contributed by atoms with E-state index in [9.17, 15) is 14.4 Å². The first-order chi connectivity index (χ1) is 12.4. The van der Waals surface area contributed by atoms with Gasteiger partial charge >= 0.3 is 5.97 Å². The molecule has 2 aromatic rings. The average Bonchev–Trinajstić information content (AvgIpc) is 3.15. The lowest BCUT2D eigenvalue weighted by molar-refractivity contribution is -0.160. The monoisotopic (exact) mass is 374 g/mol. The van der Waals surface area contributed by atoms with Crippen molar-refractivity contribution in [1.82, 2.24) is 4.90 Å². The summed E-state index contributed by atoms with van der Waals surface area (Å²) < 4.78 is 5.33. The molecule has 1 aliphatic heterocycles. The van der Waals surface area contributed by atoms with Crippen LogP contribution in [0.3, 0.4) is 0 Å². The van der Waals surface area contributed by atoms with Crippen LogP contribution in [-0.4, -0.2) is 53.1 Å². The third kappa shape index (κ3) is 4.09. The second kappa shape index (κ2) is 7.67. The van der Waals surface area contributed by atoms with Crippen LogP contribution in [0, 0.1) is 0 Å². The van der Waals surface area contributed by atoms with Crippen molar-refractivity contribution in [2.75, 3.05) is 18.4 Å². The number of morpholine rings is 1. The summed E-state index contributed by atoms with van der Waals surface area (Å²) in [5, 5.41) is 13.7. The standard InChI is InChI=1S/C18H18N2O5S/c1-11-9-20(10-14(25-11)18(23)24)17(22)12-4-2-5-13(8-12)19-16(21)15-6-3-7-26-15/h2-8,11,14H,9-10H2,1H3,(H,19,21)(H,23,24)/t11-,14?/m1/s1. The third-order valence-corrected chi connectivity index (χ3v) is 4.80. The molecule has 2 N–H and O–H groups in total. The number of ether oxygens (including phenoxy) is 1. The van der Waals surface area contributed by atoms with E-state index in [0.29, 0.717) is 22.7 Å². The molecule has 1 aromatic heterocycles. The molecule has 3 rings (SSSR count). The normalized spacial score (nSPS) is 19.8. The highest BCUT2D eigenvalue weighted by atomic mass is 32.1. The summed E-state index contributed by atoms with van der Waals surface area (Å²) >= 11 is 1.33. The number of aliphatic carboxylic acids is 1. The Balaban J connectivity index is 1.73. The minimum Gasteiger partial charge on any atom is -0.479 e. The number of thiophene rings is 1. The average molecular weight is 374 g/mol. The number of rotatable bonds is 4. The molecular formula is C18H18N2O5S. The van der Waals surface area contributed by atoms with Crippen LogP contribution in [0.15, 0.2) is 41.8 Å². The molecule has 1 saturated heterocycles. The van der Waals surface area contributed by atoms with E-state index >= 15 is 0 Å². The number of amides is 2. The maximum Gasteiger partial charge on any atom is 0.334 e. The van der Waals surface area contributed by atoms with E-state index in [2.05, 4.69) is 5.32 Å². The number of anilines is 1. The quantitative estimate of drug-likeness (QED) is 0.856. The zero-order valence-corrected chi connectivity index (χ0v) is 14.9. The van der Waals surface area contributed by atoms with Gasteiger partial charge in [0.15, 0.2) is 6.10 Å². The summed E-state index contributed by atoms with van der Waals surface area (Å²) in [4.78, 5) is 38.1. The fraction of sp³-hybridized carbons (Fsp3) is 0.278. The van der Waals surface area contributed by atoms with Crippen LogP contribution in [0.4, 0.5) is 5.69 Å². The smallest absolute Gasteiger partial charge is 0.334 e. The first kappa shape index (κ1) is 18.1. The van der Waals surface area contributed by atoms with Crippen LogP contribution in [0.25, 0.3) is 0 Å². The Kier molecular flexibility index (Phi) is 5.34. The van der Waals surface area contributed by atoms with Crippen LogP contribution in [-0.2, 0) is 9.53 Å². The molecule has 0 aliphatic carbocycles. The number of hydrogen-bond acceptors (Lipinski definition) is 5. The Morgan fingerprint density at radius 2 is 2.04 bits per heavy atom. The Labute approximate surface area is 154 Å². The van der Waals surface area contributed by atoms with Gasteiger partial charge in [-0.25, -0.2) is 4.79 Å². The molecule has 1 unspecified atom stereocenters. The van der Waals surface area contributed by atoms with E-state index in [1.165, 1.54) is 16.2 Å². The number of carbonyl (C=O) groups is 3. The molecule has 1 aliphatic rings. The second-order valence-corrected chi connectivity index (χ2v) is 6.94. The highest BCUT2D eigenvalue weighted by Crippen LogP contribution is 2.19. The van der Waals surface area contributed by atoms with Crippen molar-refractivity contribution < 1.29 is 24.2 Å². The van der Waals surface area contributed by atoms with Crippen molar-refractivity contribution in [3.8, 4) is 0 Å². The molecule has 1 aromatic carbocycles. The maximum absolute atomic E-state index is 12.7. The molecule has 8 heteroatoms. The van der Waals surface area contributed by atoms with Gasteiger partial charge in [-0.3, -0.25) is 9.59 Å². The fourth-order valence-corrected chi connectivity index (χ4v) is 3.39. The van der Waals surface area contributed by atoms with Gasteiger partial charge in [-0.15, -0.1) is 11.3 Å². The predicted octanol–water partition coefficient (Wildman–Crippen LogP) is 2.31. The number of hydrogen-bond donors (Lipinski definition) is 2. The molecule has 0 spiro atoms. The van der Waals surface area contributed by atoms with Gasteiger partial charge in [0.05, 0.1) is 17.5 Å². The Bertz CT molecular complexity index is 821. The van der Waals surface area contributed by atoms with Crippen molar-refractivity contribution >= 4 is 34.8 Å². The van der Waals surface area contributed by atoms with Crippen LogP contribution in [0.2, 0.25) is 0 Å². The minimum absolute atomic E-state index is 0.00963. The first-order valence-corrected chi connectivity index (χ1v) is 8.94. The molecule has 7 nitrogen and oxygen atoms in total. The summed E-state index contributed by atoms with van der Waals surface area (Å²) in [7, 11) is 0. The number of carboxylic acids is 1. The van der Waals surface area contributed by atoms with Crippen LogP contribution in [0.1, 0.15) is 27.0 Å². The van der Waals surface area contributed by atoms with Crippen molar-refractivity contribution in [2.24, 2.45) is 0 Å². The van der Waals surface area contributed by atoms with Crippen molar-refractivity contribution in [3.05, 3.63) is 52.2 Å². The van der Waals surface area contributed by atoms with Gasteiger partial charge in [-0.05, 0) is 36.6 Å². The highest BCUT2D eigenvalue weighted by molar-refractivity contribution is 7.12. The van der Waals surface area contributed by atoms with Gasteiger partial charge in [0.25, 0.3) is 11.8 Å². The van der Waals surface area contributed by atoms with Crippen molar-refractivity contribution in [3.63, 3.8) is 0 Å². The summed E-state index contributed by atoms with van der Waals surface area (Å²) in [5.74, 6) is -1.62. The predicted molar refractivity (Wildman–Crippen MR) is 96.6 cm³/mol. The van der Waals surface area contributed by atoms with E-state index in [4.69, 9.17) is 9.84 Å². The summed E-state index contributed by atoms with van der Waals surface area (Å²) in [6, 6.07) is 10.1. The van der Waals surface area contributed by atoms with E-state index in [1.807, 2.05) is 5.38 Å². The molecule has 0 radical (unpaired) electrons. The molecule has 0 saturated carbocycles. The molecule has 2 heterocycles. The van der Waals surface area contributed by atoms with Gasteiger partial charge in [0.1, 0.15) is 0 Å². The summed E-state index contributed by atoms with van der Waals surface area (Å²) in [6.07, 6.45) is -1.40. The lowest BCUT2D eigenvalue weighted by Gasteiger charge is -2.35. The lowest BCUT2D eigenvalue weighted by Crippen LogP contribution is -2.51. The molecular weight excluding hydrogens is 356 g/mol. The molecule has 0 bridgehead atoms. The topological polar surface area (TPSA) is 95.9 Å². The van der Waals surface area contributed by atoms with Crippen molar-refractivity contribution in [1.29, 1.82) is 0 Å². The maximum atomic E-state index is 12.7. The lowest BCUT2D eigenvalue weighted by atomic mass is 10.1. The molecule has 1 fully saturated rings. The van der Waals surface area contributed by atoms with E-state index in [-0.39, 0.29) is 24.5 Å². The van der Waals surface area contributed by atoms with Gasteiger partial charge in [0.2, 0.25) is 0 Å². The number of carboxylic acid groups (broad SMARTS) is 1. The molecule has 136 valence electrons. The van der Waals surface area contributed by atoms with E-state index in [0.717, 1.165) is 0 Å². The molecule has 2 atom stereocenters. The van der Waals surface area contributed by atoms with Crippen molar-refractivity contribution in [2.45, 2.75) is 19.1 Å². The largest absolute Gasteiger partial charge is 0.479 e. The van der Waals surface area contributed by atoms with E-state index in [1.54, 1.807) is 43.3 Å². The van der Waals surface area contributed by atoms with E-state index < -0.39 is 12.1 Å². The molecule has 26 heavy (non-hydrogen) atoms. The number of nitrogens with zero attached hydrogens (tertiary/aromatic N) is 1. The van der Waals surface area contributed by atoms with Gasteiger partial charge < -0.3 is 20.1 Å². The Morgan fingerprint density at radius 1 is 1.23 bits per heavy atom. The first-order valence-electron chi connectivity index (χ1n) is 8.06. The fourth-order valence-electron chi connectivity index (χ4n) is 2.77. The number of carbonyl (C=O) groups excluding carboxylic acids is 2. The van der Waals surface area contributed by atoms with Gasteiger partial charge in [-0.2, -0.15) is 0 Å². The van der Waals surface area contributed by atoms with Crippen LogP contribution in [0.5, 0.6) is 0 Å². The zero-order valence-electron chi connectivity index (χ0n) is 14.0. The number of benzene rings is 1. The van der Waals surface area contributed by atoms with Gasteiger partial charge in [-0.1, -0.05) is 12.1 Å². The second-order valence-electron chi connectivity index (χ2n) is 6.00. The van der Waals surface area contributed by atoms with Crippen LogP contribution < -0.4 is 5.32 Å².